The molecule has 0 bridgehead atoms. The summed E-state index contributed by atoms with van der Waals surface area (Å²) in [5.74, 6) is 4.32. The molecule has 0 aliphatic carbocycles. The Morgan fingerprint density at radius 2 is 2.05 bits per heavy atom. The van der Waals surface area contributed by atoms with Crippen LogP contribution in [0.1, 0.15) is 23.2 Å². The highest BCUT2D eigenvalue weighted by Crippen LogP contribution is 2.24. The molecule has 0 radical (unpaired) electrons. The molecule has 9 nitrogen and oxygen atoms in total. The van der Waals surface area contributed by atoms with Crippen LogP contribution in [0.5, 0.6) is 0 Å². The van der Waals surface area contributed by atoms with Gasteiger partial charge in [-0.05, 0) is 18.6 Å². The summed E-state index contributed by atoms with van der Waals surface area (Å²) in [6, 6.07) is 3.79. The third kappa shape index (κ3) is 4.21. The van der Waals surface area contributed by atoms with Crippen LogP contribution in [-0.2, 0) is 4.79 Å². The Bertz CT molecular complexity index is 532. The van der Waals surface area contributed by atoms with Crippen LogP contribution in [0.25, 0.3) is 0 Å². The van der Waals surface area contributed by atoms with Gasteiger partial charge in [-0.15, -0.1) is 0 Å². The van der Waals surface area contributed by atoms with Crippen LogP contribution in [0.15, 0.2) is 18.2 Å². The van der Waals surface area contributed by atoms with Crippen LogP contribution in [-0.4, -0.2) is 23.3 Å². The molecule has 0 atom stereocenters. The van der Waals surface area contributed by atoms with Gasteiger partial charge in [-0.3, -0.25) is 25.5 Å². The molecular weight excluding hydrogens is 266 g/mol. The van der Waals surface area contributed by atoms with E-state index in [9.17, 15) is 19.7 Å². The number of anilines is 1. The van der Waals surface area contributed by atoms with E-state index in [1.165, 1.54) is 18.2 Å². The lowest BCUT2D eigenvalue weighted by atomic mass is 10.1. The SMILES string of the molecule is NNc1cc(C(=O)NCCCC(N)=O)ccc1[N+](=O)[O-]. The number of benzene rings is 1. The van der Waals surface area contributed by atoms with Crippen molar-refractivity contribution < 1.29 is 14.5 Å². The maximum atomic E-state index is 11.8. The van der Waals surface area contributed by atoms with Crippen molar-refractivity contribution in [3.8, 4) is 0 Å². The number of nitro groups is 1. The lowest BCUT2D eigenvalue weighted by molar-refractivity contribution is -0.384. The number of nitrogens with one attached hydrogen (secondary N) is 2. The maximum absolute atomic E-state index is 11.8. The Kier molecular flexibility index (Phi) is 5.42. The Labute approximate surface area is 114 Å². The van der Waals surface area contributed by atoms with Crippen molar-refractivity contribution >= 4 is 23.2 Å². The number of carbonyl (C=O) groups is 2. The predicted octanol–water partition coefficient (Wildman–Crippen LogP) is -0.124. The van der Waals surface area contributed by atoms with E-state index in [1.54, 1.807) is 0 Å². The van der Waals surface area contributed by atoms with E-state index in [0.717, 1.165) is 0 Å². The third-order valence-electron chi connectivity index (χ3n) is 2.50. The Balaban J connectivity index is 2.69. The molecule has 0 fully saturated rings. The van der Waals surface area contributed by atoms with Gasteiger partial charge in [0.25, 0.3) is 11.6 Å². The summed E-state index contributed by atoms with van der Waals surface area (Å²) < 4.78 is 0. The zero-order valence-electron chi connectivity index (χ0n) is 10.6. The highest BCUT2D eigenvalue weighted by molar-refractivity contribution is 5.95. The molecule has 0 aliphatic heterocycles. The molecule has 9 heteroatoms. The molecule has 108 valence electrons. The second kappa shape index (κ2) is 7.04. The minimum atomic E-state index is -0.607. The molecule has 1 rings (SSSR count). The van der Waals surface area contributed by atoms with Crippen molar-refractivity contribution in [1.82, 2.24) is 5.32 Å². The van der Waals surface area contributed by atoms with E-state index in [4.69, 9.17) is 11.6 Å². The highest BCUT2D eigenvalue weighted by Gasteiger charge is 2.15. The van der Waals surface area contributed by atoms with E-state index >= 15 is 0 Å². The van der Waals surface area contributed by atoms with Crippen LogP contribution in [0.2, 0.25) is 0 Å². The molecule has 0 aliphatic rings. The lowest BCUT2D eigenvalue weighted by Crippen LogP contribution is -2.25. The van der Waals surface area contributed by atoms with Gasteiger partial charge in [-0.1, -0.05) is 0 Å². The normalized spacial score (nSPS) is 9.85. The zero-order valence-corrected chi connectivity index (χ0v) is 10.6. The van der Waals surface area contributed by atoms with Crippen molar-refractivity contribution in [2.75, 3.05) is 12.0 Å². The Morgan fingerprint density at radius 3 is 2.60 bits per heavy atom. The number of primary amides is 1. The maximum Gasteiger partial charge on any atom is 0.293 e. The molecule has 1 aromatic carbocycles. The van der Waals surface area contributed by atoms with E-state index in [-0.39, 0.29) is 29.9 Å². The summed E-state index contributed by atoms with van der Waals surface area (Å²) in [5.41, 5.74) is 7.18. The number of hydrogen-bond acceptors (Lipinski definition) is 6. The van der Waals surface area contributed by atoms with E-state index in [0.29, 0.717) is 6.42 Å². The second-order valence-corrected chi connectivity index (χ2v) is 3.96. The topological polar surface area (TPSA) is 153 Å². The highest BCUT2D eigenvalue weighted by atomic mass is 16.6. The minimum absolute atomic E-state index is 0.0415. The number of nitrogens with zero attached hydrogens (tertiary/aromatic N) is 1. The Hall–Kier alpha value is -2.68. The second-order valence-electron chi connectivity index (χ2n) is 3.96. The number of nitro benzene ring substituents is 1. The molecule has 1 aromatic rings. The van der Waals surface area contributed by atoms with Gasteiger partial charge in [0.2, 0.25) is 5.91 Å². The average molecular weight is 281 g/mol. The van der Waals surface area contributed by atoms with Crippen molar-refractivity contribution in [1.29, 1.82) is 0 Å². The van der Waals surface area contributed by atoms with Gasteiger partial charge in [-0.25, -0.2) is 0 Å². The van der Waals surface area contributed by atoms with Crippen LogP contribution in [0.4, 0.5) is 11.4 Å². The van der Waals surface area contributed by atoms with Gasteiger partial charge < -0.3 is 16.5 Å². The first-order valence-electron chi connectivity index (χ1n) is 5.77. The molecule has 0 spiro atoms. The lowest BCUT2D eigenvalue weighted by Gasteiger charge is -2.07. The molecular formula is C11H15N5O4. The predicted molar refractivity (Wildman–Crippen MR) is 71.7 cm³/mol. The summed E-state index contributed by atoms with van der Waals surface area (Å²) in [7, 11) is 0. The monoisotopic (exact) mass is 281 g/mol. The molecule has 20 heavy (non-hydrogen) atoms. The summed E-state index contributed by atoms with van der Waals surface area (Å²) in [6.45, 7) is 0.282. The van der Waals surface area contributed by atoms with Gasteiger partial charge >= 0.3 is 0 Å². The van der Waals surface area contributed by atoms with Gasteiger partial charge in [-0.2, -0.15) is 0 Å². The van der Waals surface area contributed by atoms with Crippen molar-refractivity contribution in [2.45, 2.75) is 12.8 Å². The molecule has 2 amide bonds. The number of nitrogens with two attached hydrogens (primary N) is 2. The van der Waals surface area contributed by atoms with Crippen LogP contribution >= 0.6 is 0 Å². The summed E-state index contributed by atoms with van der Waals surface area (Å²) >= 11 is 0. The van der Waals surface area contributed by atoms with Gasteiger partial charge in [0.1, 0.15) is 5.69 Å². The zero-order chi connectivity index (χ0) is 15.1. The smallest absolute Gasteiger partial charge is 0.293 e. The molecule has 0 saturated carbocycles. The van der Waals surface area contributed by atoms with Crippen LogP contribution in [0, 0.1) is 10.1 Å². The summed E-state index contributed by atoms with van der Waals surface area (Å²) in [5, 5.41) is 13.3. The number of rotatable bonds is 7. The third-order valence-corrected chi connectivity index (χ3v) is 2.50. The fraction of sp³-hybridized carbons (Fsp3) is 0.273. The first kappa shape index (κ1) is 15.4. The van der Waals surface area contributed by atoms with Crippen molar-refractivity contribution in [3.63, 3.8) is 0 Å². The molecule has 0 unspecified atom stereocenters. The largest absolute Gasteiger partial charge is 0.370 e. The summed E-state index contributed by atoms with van der Waals surface area (Å²) in [4.78, 5) is 32.4. The van der Waals surface area contributed by atoms with Crippen LogP contribution < -0.4 is 22.3 Å². The van der Waals surface area contributed by atoms with E-state index < -0.39 is 16.7 Å². The number of amides is 2. The number of carbonyl (C=O) groups excluding carboxylic acids is 2. The quantitative estimate of drug-likeness (QED) is 0.236. The molecule has 0 aromatic heterocycles. The average Bonchev–Trinajstić information content (AvgIpc) is 2.42. The fourth-order valence-electron chi connectivity index (χ4n) is 1.52. The van der Waals surface area contributed by atoms with Gasteiger partial charge in [0.15, 0.2) is 0 Å². The Morgan fingerprint density at radius 1 is 1.35 bits per heavy atom. The van der Waals surface area contributed by atoms with Gasteiger partial charge in [0.05, 0.1) is 4.92 Å². The number of hydrazine groups is 1. The number of hydrogen-bond donors (Lipinski definition) is 4. The van der Waals surface area contributed by atoms with Crippen molar-refractivity contribution in [2.24, 2.45) is 11.6 Å². The molecule has 6 N–H and O–H groups in total. The standard InChI is InChI=1S/C11H15N5O4/c12-10(17)2-1-5-14-11(18)7-3-4-9(16(19)20)8(6-7)15-13/h3-4,6,15H,1-2,5,13H2,(H2,12,17)(H,14,18). The van der Waals surface area contributed by atoms with E-state index in [1.807, 2.05) is 0 Å². The van der Waals surface area contributed by atoms with Crippen molar-refractivity contribution in [3.05, 3.63) is 33.9 Å². The van der Waals surface area contributed by atoms with Crippen LogP contribution in [0.3, 0.4) is 0 Å². The fourth-order valence-corrected chi connectivity index (χ4v) is 1.52. The van der Waals surface area contributed by atoms with Gasteiger partial charge in [0, 0.05) is 24.6 Å². The van der Waals surface area contributed by atoms with E-state index in [2.05, 4.69) is 10.7 Å². The molecule has 0 heterocycles. The summed E-state index contributed by atoms with van der Waals surface area (Å²) in [6.07, 6.45) is 0.603. The first-order valence-corrected chi connectivity index (χ1v) is 5.77. The minimum Gasteiger partial charge on any atom is -0.370 e. The first-order chi connectivity index (χ1) is 9.45. The number of nitrogen functional groups attached to an aromatic ring is 1. The molecule has 0 saturated heterocycles.